The van der Waals surface area contributed by atoms with Crippen molar-refractivity contribution in [2.45, 2.75) is 31.1 Å². The van der Waals surface area contributed by atoms with Gasteiger partial charge in [-0.05, 0) is 80.4 Å². The summed E-state index contributed by atoms with van der Waals surface area (Å²) in [5, 5.41) is 1.31. The summed E-state index contributed by atoms with van der Waals surface area (Å²) < 4.78 is 0. The number of halogens is 2. The van der Waals surface area contributed by atoms with E-state index >= 15 is 0 Å². The second-order valence-electron chi connectivity index (χ2n) is 7.84. The molecule has 2 saturated heterocycles. The molecule has 0 aliphatic carbocycles. The fourth-order valence-electron chi connectivity index (χ4n) is 4.10. The van der Waals surface area contributed by atoms with E-state index in [9.17, 15) is 4.79 Å². The molecular weight excluding hydrogens is 435 g/mol. The highest BCUT2D eigenvalue weighted by molar-refractivity contribution is 8.04. The predicted molar refractivity (Wildman–Crippen MR) is 128 cm³/mol. The Morgan fingerprint density at radius 1 is 0.967 bits per heavy atom. The monoisotopic (exact) mass is 460 g/mol. The Kier molecular flexibility index (Phi) is 7.42. The van der Waals surface area contributed by atoms with E-state index in [-0.39, 0.29) is 11.3 Å². The van der Waals surface area contributed by atoms with E-state index in [1.54, 1.807) is 11.8 Å². The zero-order valence-electron chi connectivity index (χ0n) is 16.9. The third kappa shape index (κ3) is 5.42. The van der Waals surface area contributed by atoms with Crippen molar-refractivity contribution in [1.82, 2.24) is 9.80 Å². The number of likely N-dealkylation sites (tertiary alicyclic amines) is 1. The number of benzene rings is 2. The van der Waals surface area contributed by atoms with Gasteiger partial charge in [-0.2, -0.15) is 0 Å². The van der Waals surface area contributed by atoms with Crippen LogP contribution < -0.4 is 0 Å². The summed E-state index contributed by atoms with van der Waals surface area (Å²) in [7, 11) is 0. The molecule has 2 aromatic carbocycles. The Bertz CT molecular complexity index is 927. The number of rotatable bonds is 6. The van der Waals surface area contributed by atoms with Crippen LogP contribution in [0.1, 0.15) is 42.2 Å². The minimum atomic E-state index is -0.0528. The van der Waals surface area contributed by atoms with Crippen LogP contribution in [0.5, 0.6) is 0 Å². The number of thioether (sulfide) groups is 1. The van der Waals surface area contributed by atoms with Gasteiger partial charge in [-0.1, -0.05) is 65.7 Å². The number of carbonyl (C=O) groups is 1. The molecule has 0 N–H and O–H groups in total. The molecular formula is C24H26Cl2N2OS. The summed E-state index contributed by atoms with van der Waals surface area (Å²) >= 11 is 14.0. The first kappa shape index (κ1) is 21.8. The summed E-state index contributed by atoms with van der Waals surface area (Å²) in [5.74, 6) is 0.0867. The first-order valence-corrected chi connectivity index (χ1v) is 12.2. The summed E-state index contributed by atoms with van der Waals surface area (Å²) in [6, 6.07) is 15.4. The van der Waals surface area contributed by atoms with E-state index in [0.29, 0.717) is 10.0 Å². The second-order valence-corrected chi connectivity index (χ2v) is 9.84. The van der Waals surface area contributed by atoms with Crippen LogP contribution >= 0.6 is 35.0 Å². The maximum absolute atomic E-state index is 13.3. The largest absolute Gasteiger partial charge is 0.322 e. The molecule has 3 nitrogen and oxygen atoms in total. The van der Waals surface area contributed by atoms with Gasteiger partial charge in [0.15, 0.2) is 0 Å². The molecule has 0 radical (unpaired) electrons. The molecule has 1 atom stereocenters. The van der Waals surface area contributed by atoms with Crippen molar-refractivity contribution in [2.75, 3.05) is 26.2 Å². The van der Waals surface area contributed by atoms with Crippen LogP contribution in [0.3, 0.4) is 0 Å². The minimum Gasteiger partial charge on any atom is -0.322 e. The number of carbonyl (C=O) groups excluding carboxylic acids is 1. The van der Waals surface area contributed by atoms with Crippen LogP contribution in [0.25, 0.3) is 6.08 Å². The maximum atomic E-state index is 13.3. The number of amides is 1. The number of hydrogen-bond acceptors (Lipinski definition) is 3. The Hall–Kier alpha value is -1.46. The molecule has 1 unspecified atom stereocenters. The third-order valence-corrected chi connectivity index (χ3v) is 7.36. The molecule has 2 aliphatic rings. The van der Waals surface area contributed by atoms with E-state index in [1.807, 2.05) is 53.4 Å². The van der Waals surface area contributed by atoms with Crippen LogP contribution in [0.15, 0.2) is 53.4 Å². The summed E-state index contributed by atoms with van der Waals surface area (Å²) in [5.41, 5.74) is 2.01. The average molecular weight is 461 g/mol. The van der Waals surface area contributed by atoms with Crippen molar-refractivity contribution in [3.05, 3.63) is 74.6 Å². The lowest BCUT2D eigenvalue weighted by molar-refractivity contribution is -0.126. The highest BCUT2D eigenvalue weighted by Gasteiger charge is 2.36. The van der Waals surface area contributed by atoms with Crippen LogP contribution in [0, 0.1) is 0 Å². The number of piperidine rings is 1. The molecule has 2 fully saturated rings. The smallest absolute Gasteiger partial charge is 0.261 e. The Labute approximate surface area is 193 Å². The van der Waals surface area contributed by atoms with Crippen molar-refractivity contribution in [1.29, 1.82) is 0 Å². The molecule has 0 spiro atoms. The zero-order chi connectivity index (χ0) is 20.9. The Morgan fingerprint density at radius 2 is 1.70 bits per heavy atom. The van der Waals surface area contributed by atoms with Crippen molar-refractivity contribution in [3.8, 4) is 0 Å². The first-order chi connectivity index (χ1) is 14.6. The van der Waals surface area contributed by atoms with Crippen molar-refractivity contribution >= 4 is 46.9 Å². The predicted octanol–water partition coefficient (Wildman–Crippen LogP) is 6.48. The topological polar surface area (TPSA) is 23.6 Å². The van der Waals surface area contributed by atoms with Gasteiger partial charge >= 0.3 is 0 Å². The maximum Gasteiger partial charge on any atom is 0.261 e. The van der Waals surface area contributed by atoms with Gasteiger partial charge in [-0.3, -0.25) is 4.79 Å². The summed E-state index contributed by atoms with van der Waals surface area (Å²) in [6.45, 7) is 4.15. The summed E-state index contributed by atoms with van der Waals surface area (Å²) in [6.07, 6.45) is 6.84. The van der Waals surface area contributed by atoms with E-state index in [2.05, 4.69) is 11.0 Å². The molecule has 2 aliphatic heterocycles. The van der Waals surface area contributed by atoms with Crippen molar-refractivity contribution in [3.63, 3.8) is 0 Å². The molecule has 0 bridgehead atoms. The Balaban J connectivity index is 1.53. The molecule has 0 aromatic heterocycles. The SMILES string of the molecule is O=C1/C(=C/c2cccc(Cl)c2)SC(c2cccc(Cl)c2)N1CCCN1CCCCC1. The van der Waals surface area contributed by atoms with Gasteiger partial charge < -0.3 is 9.80 Å². The lowest BCUT2D eigenvalue weighted by atomic mass is 10.1. The third-order valence-electron chi connectivity index (χ3n) is 5.60. The molecule has 0 saturated carbocycles. The lowest BCUT2D eigenvalue weighted by Crippen LogP contribution is -2.34. The molecule has 4 rings (SSSR count). The van der Waals surface area contributed by atoms with E-state index in [0.717, 1.165) is 35.5 Å². The van der Waals surface area contributed by atoms with Crippen molar-refractivity contribution < 1.29 is 4.79 Å². The molecule has 30 heavy (non-hydrogen) atoms. The molecule has 6 heteroatoms. The van der Waals surface area contributed by atoms with Crippen molar-refractivity contribution in [2.24, 2.45) is 0 Å². The highest BCUT2D eigenvalue weighted by Crippen LogP contribution is 2.46. The van der Waals surface area contributed by atoms with E-state index < -0.39 is 0 Å². The quantitative estimate of drug-likeness (QED) is 0.460. The van der Waals surface area contributed by atoms with Crippen LogP contribution in [-0.2, 0) is 4.79 Å². The van der Waals surface area contributed by atoms with Gasteiger partial charge in [0.05, 0.1) is 4.91 Å². The number of nitrogens with zero attached hydrogens (tertiary/aromatic N) is 2. The average Bonchev–Trinajstić information content (AvgIpc) is 3.04. The zero-order valence-corrected chi connectivity index (χ0v) is 19.2. The van der Waals surface area contributed by atoms with Gasteiger partial charge in [-0.25, -0.2) is 0 Å². The second kappa shape index (κ2) is 10.2. The van der Waals surface area contributed by atoms with Gasteiger partial charge in [0.2, 0.25) is 0 Å². The van der Waals surface area contributed by atoms with Gasteiger partial charge in [0, 0.05) is 16.6 Å². The van der Waals surface area contributed by atoms with Gasteiger partial charge in [0.25, 0.3) is 5.91 Å². The fraction of sp³-hybridized carbons (Fsp3) is 0.375. The first-order valence-electron chi connectivity index (χ1n) is 10.5. The van der Waals surface area contributed by atoms with Crippen LogP contribution in [0.2, 0.25) is 10.0 Å². The number of hydrogen-bond donors (Lipinski definition) is 0. The van der Waals surface area contributed by atoms with Crippen LogP contribution in [-0.4, -0.2) is 41.9 Å². The molecule has 2 heterocycles. The van der Waals surface area contributed by atoms with Gasteiger partial charge in [-0.15, -0.1) is 0 Å². The molecule has 158 valence electrons. The normalized spacial score (nSPS) is 21.5. The van der Waals surface area contributed by atoms with E-state index in [4.69, 9.17) is 23.2 Å². The molecule has 2 aromatic rings. The summed E-state index contributed by atoms with van der Waals surface area (Å²) in [4.78, 5) is 18.6. The fourth-order valence-corrected chi connectivity index (χ4v) is 5.77. The Morgan fingerprint density at radius 3 is 2.43 bits per heavy atom. The van der Waals surface area contributed by atoms with E-state index in [1.165, 1.54) is 32.4 Å². The lowest BCUT2D eigenvalue weighted by Gasteiger charge is -2.28. The highest BCUT2D eigenvalue weighted by atomic mass is 35.5. The standard InChI is InChI=1S/C24H26Cl2N2OS/c25-20-9-4-7-18(15-20)16-22-23(29)28(14-6-13-27-11-2-1-3-12-27)24(30-22)19-8-5-10-21(26)17-19/h4-5,7-10,15-17,24H,1-3,6,11-14H2/b22-16-. The van der Waals surface area contributed by atoms with Crippen LogP contribution in [0.4, 0.5) is 0 Å². The minimum absolute atomic E-state index is 0.0528. The molecule has 1 amide bonds. The van der Waals surface area contributed by atoms with Gasteiger partial charge in [0.1, 0.15) is 5.37 Å².